The van der Waals surface area contributed by atoms with E-state index in [-0.39, 0.29) is 50.2 Å². The molecule has 0 heterocycles. The number of nitrogens with two attached hydrogens (primary N) is 1. The highest BCUT2D eigenvalue weighted by molar-refractivity contribution is 8.01. The number of aliphatic hydroxyl groups excluding tert-OH is 4. The van der Waals surface area contributed by atoms with Gasteiger partial charge in [0.05, 0.1) is 41.5 Å². The van der Waals surface area contributed by atoms with Crippen LogP contribution >= 0.6 is 11.8 Å². The number of thioether (sulfide) groups is 1. The van der Waals surface area contributed by atoms with E-state index in [0.29, 0.717) is 6.42 Å². The number of carboxylic acid groups (broad SMARTS) is 3. The lowest BCUT2D eigenvalue weighted by atomic mass is 9.60. The summed E-state index contributed by atoms with van der Waals surface area (Å²) in [6.07, 6.45) is -3.40. The Hall–Kier alpha value is -3.29. The average Bonchev–Trinajstić information content (AvgIpc) is 3.05. The predicted octanol–water partition coefficient (Wildman–Crippen LogP) is -0.775. The number of hydrogen-bond donors (Lipinski definition) is 10. The number of hydrogen-bond acceptors (Lipinski definition) is 13. The highest BCUT2D eigenvalue weighted by atomic mass is 32.2. The number of aliphatic carboxylic acids is 3. The summed E-state index contributed by atoms with van der Waals surface area (Å²) in [4.78, 5) is 72.4. The van der Waals surface area contributed by atoms with Gasteiger partial charge in [0, 0.05) is 24.5 Å². The number of carbonyl (C=O) groups excluding carboxylic acids is 3. The molecule has 0 unspecified atom stereocenters. The molecule has 0 aromatic rings. The number of allylic oxidation sites excluding steroid dienone is 1. The Balaban J connectivity index is 2.50. The van der Waals surface area contributed by atoms with Crippen molar-refractivity contribution in [3.05, 3.63) is 12.2 Å². The fourth-order valence-corrected chi connectivity index (χ4v) is 8.31. The van der Waals surface area contributed by atoms with Crippen LogP contribution in [0.25, 0.3) is 0 Å². The summed E-state index contributed by atoms with van der Waals surface area (Å²) < 4.78 is 4.57. The average molecular weight is 748 g/mol. The normalized spacial score (nSPS) is 28.6. The molecule has 1 saturated carbocycles. The molecule has 2 rings (SSSR count). The van der Waals surface area contributed by atoms with Crippen molar-refractivity contribution < 1.29 is 69.2 Å². The van der Waals surface area contributed by atoms with Crippen LogP contribution in [0.1, 0.15) is 72.1 Å². The lowest BCUT2D eigenvalue weighted by molar-refractivity contribution is -0.173. The van der Waals surface area contributed by atoms with E-state index in [9.17, 15) is 49.2 Å². The first-order chi connectivity index (χ1) is 23.8. The molecule has 11 N–H and O–H groups in total. The van der Waals surface area contributed by atoms with Gasteiger partial charge < -0.3 is 56.8 Å². The van der Waals surface area contributed by atoms with Gasteiger partial charge in [-0.1, -0.05) is 32.9 Å². The molecule has 0 aliphatic heterocycles. The van der Waals surface area contributed by atoms with Crippen LogP contribution in [0.5, 0.6) is 0 Å². The van der Waals surface area contributed by atoms with E-state index >= 15 is 0 Å². The molecule has 2 aliphatic rings. The van der Waals surface area contributed by atoms with Crippen LogP contribution in [0.2, 0.25) is 0 Å². The summed E-state index contributed by atoms with van der Waals surface area (Å²) >= 11 is 0.987. The zero-order chi connectivity index (χ0) is 38.6. The maximum Gasteiger partial charge on any atom is 0.322 e. The highest BCUT2D eigenvalue weighted by Gasteiger charge is 2.59. The topological polar surface area (TPSA) is 303 Å². The largest absolute Gasteiger partial charge is 0.481 e. The predicted molar refractivity (Wildman–Crippen MR) is 182 cm³/mol. The van der Waals surface area contributed by atoms with Crippen LogP contribution in [0.4, 0.5) is 0 Å². The minimum Gasteiger partial charge on any atom is -0.481 e. The molecule has 0 aromatic heterocycles. The van der Waals surface area contributed by atoms with Crippen molar-refractivity contribution in [3.8, 4) is 0 Å². The molecule has 1 fully saturated rings. The van der Waals surface area contributed by atoms with E-state index in [4.69, 9.17) is 25.8 Å². The summed E-state index contributed by atoms with van der Waals surface area (Å²) in [7, 11) is 0. The van der Waals surface area contributed by atoms with Crippen LogP contribution in [0.15, 0.2) is 12.2 Å². The van der Waals surface area contributed by atoms with Crippen molar-refractivity contribution in [1.82, 2.24) is 10.6 Å². The Bertz CT molecular complexity index is 1270. The molecule has 18 heteroatoms. The second kappa shape index (κ2) is 20.1. The lowest BCUT2D eigenvalue weighted by Crippen LogP contribution is -2.64. The number of aliphatic hydroxyl groups is 4. The third kappa shape index (κ3) is 12.7. The van der Waals surface area contributed by atoms with Gasteiger partial charge in [0.1, 0.15) is 24.7 Å². The monoisotopic (exact) mass is 747 g/mol. The zero-order valence-corrected chi connectivity index (χ0v) is 29.9. The first kappa shape index (κ1) is 43.9. The molecule has 0 spiro atoms. The first-order valence-corrected chi connectivity index (χ1v) is 18.1. The fourth-order valence-electron chi connectivity index (χ4n) is 6.59. The van der Waals surface area contributed by atoms with Crippen molar-refractivity contribution >= 4 is 47.5 Å². The molecular weight excluding hydrogens is 694 g/mol. The van der Waals surface area contributed by atoms with Crippen molar-refractivity contribution in [1.29, 1.82) is 0 Å². The maximum absolute atomic E-state index is 13.2. The molecule has 0 radical (unpaired) electrons. The summed E-state index contributed by atoms with van der Waals surface area (Å²) in [5.41, 5.74) is 5.50. The number of carbonyl (C=O) groups is 6. The molecule has 51 heavy (non-hydrogen) atoms. The number of esters is 1. The molecule has 2 aliphatic carbocycles. The van der Waals surface area contributed by atoms with E-state index < -0.39 is 114 Å². The van der Waals surface area contributed by atoms with Gasteiger partial charge in [-0.15, -0.1) is 11.8 Å². The fraction of sp³-hybridized carbons (Fsp3) is 0.758. The minimum atomic E-state index is -1.48. The van der Waals surface area contributed by atoms with E-state index in [2.05, 4.69) is 10.6 Å². The third-order valence-corrected chi connectivity index (χ3v) is 11.3. The molecule has 12 atom stereocenters. The van der Waals surface area contributed by atoms with E-state index in [1.807, 2.05) is 6.92 Å². The number of fused-ring (bicyclic) bond motifs is 1. The van der Waals surface area contributed by atoms with Gasteiger partial charge in [0.2, 0.25) is 11.8 Å². The van der Waals surface area contributed by atoms with Crippen molar-refractivity contribution in [3.63, 3.8) is 0 Å². The molecular formula is C33H53N3O14S. The van der Waals surface area contributed by atoms with Gasteiger partial charge in [-0.25, -0.2) is 0 Å². The molecule has 0 saturated heterocycles. The van der Waals surface area contributed by atoms with Crippen molar-refractivity contribution in [2.24, 2.45) is 29.4 Å². The number of nitrogens with one attached hydrogen (secondary N) is 2. The van der Waals surface area contributed by atoms with Crippen LogP contribution in [0, 0.1) is 23.7 Å². The molecule has 0 aromatic carbocycles. The highest BCUT2D eigenvalue weighted by Crippen LogP contribution is 2.55. The first-order valence-electron chi connectivity index (χ1n) is 17.1. The second-order valence-corrected chi connectivity index (χ2v) is 14.9. The van der Waals surface area contributed by atoms with E-state index in [1.54, 1.807) is 26.0 Å². The number of carboxylic acids is 3. The van der Waals surface area contributed by atoms with Crippen LogP contribution < -0.4 is 16.4 Å². The Labute approximate surface area is 300 Å². The quantitative estimate of drug-likeness (QED) is 0.0509. The van der Waals surface area contributed by atoms with Gasteiger partial charge in [-0.05, 0) is 43.9 Å². The molecule has 290 valence electrons. The number of ether oxygens (including phenoxy) is 1. The van der Waals surface area contributed by atoms with Crippen LogP contribution in [-0.4, -0.2) is 131 Å². The van der Waals surface area contributed by atoms with Gasteiger partial charge >= 0.3 is 23.9 Å². The SMILES string of the molecule is CC[C@H](C)C(=O)O[C@H]1C[C@H](O)[C@H](O)[C@]2(SC[C@H](NC(=O)CC[C@H](N)C(=O)O)C(=O)NCC(=O)O)C=C[C@H](C)[C@H](CC[C@@H](O)C[C@@H](O)CC(=O)O)[C@@H]12. The molecule has 2 amide bonds. The van der Waals surface area contributed by atoms with E-state index in [1.165, 1.54) is 0 Å². The molecule has 0 bridgehead atoms. The maximum atomic E-state index is 13.2. The van der Waals surface area contributed by atoms with Gasteiger partial charge in [-0.2, -0.15) is 0 Å². The van der Waals surface area contributed by atoms with Gasteiger partial charge in [0.25, 0.3) is 0 Å². The lowest BCUT2D eigenvalue weighted by Gasteiger charge is -2.56. The van der Waals surface area contributed by atoms with E-state index in [0.717, 1.165) is 11.8 Å². The minimum absolute atomic E-state index is 0.107. The Kier molecular flexibility index (Phi) is 17.3. The van der Waals surface area contributed by atoms with Crippen LogP contribution in [-0.2, 0) is 33.5 Å². The Morgan fingerprint density at radius 2 is 1.71 bits per heavy atom. The Morgan fingerprint density at radius 3 is 2.29 bits per heavy atom. The summed E-state index contributed by atoms with van der Waals surface area (Å²) in [6.45, 7) is 4.60. The summed E-state index contributed by atoms with van der Waals surface area (Å²) in [6, 6.07) is -2.74. The van der Waals surface area contributed by atoms with Crippen LogP contribution in [0.3, 0.4) is 0 Å². The summed E-state index contributed by atoms with van der Waals surface area (Å²) in [5, 5.41) is 75.5. The number of amides is 2. The zero-order valence-electron chi connectivity index (χ0n) is 29.1. The van der Waals surface area contributed by atoms with Gasteiger partial charge in [-0.3, -0.25) is 28.8 Å². The summed E-state index contributed by atoms with van der Waals surface area (Å²) in [5.74, 6) is -8.19. The van der Waals surface area contributed by atoms with Crippen molar-refractivity contribution in [2.75, 3.05) is 12.3 Å². The van der Waals surface area contributed by atoms with Crippen molar-refractivity contribution in [2.45, 2.75) is 119 Å². The van der Waals surface area contributed by atoms with Gasteiger partial charge in [0.15, 0.2) is 0 Å². The Morgan fingerprint density at radius 1 is 1.04 bits per heavy atom. The molecule has 17 nitrogen and oxygen atoms in total. The number of rotatable bonds is 21. The smallest absolute Gasteiger partial charge is 0.322 e. The second-order valence-electron chi connectivity index (χ2n) is 13.5. The third-order valence-electron chi connectivity index (χ3n) is 9.65. The standard InChI is InChI=1S/C33H53N3O14S/c1-4-16(2)32(49)50-24-13-23(39)29(45)33(10-9-17(3)20(28(24)33)6-5-18(37)11-19(38)12-26(41)42)51-15-22(30(46)35-14-27(43)44)36-25(40)8-7-21(34)31(47)48/h9-10,16-24,28-29,37-39,45H,4-8,11-15,34H2,1-3H3,(H,35,46)(H,36,40)(H,41,42)(H,43,44)(H,47,48)/t16-,17-,18+,19+,20-,21-,22-,23-,24-,28-,29-,33-/m0/s1.